The quantitative estimate of drug-likeness (QED) is 0.766. The Labute approximate surface area is 111 Å². The molecule has 1 unspecified atom stereocenters. The Kier molecular flexibility index (Phi) is 5.15. The van der Waals surface area contributed by atoms with Gasteiger partial charge in [0.15, 0.2) is 0 Å². The zero-order valence-electron chi connectivity index (χ0n) is 12.1. The summed E-state index contributed by atoms with van der Waals surface area (Å²) in [5.41, 5.74) is -0.811. The van der Waals surface area contributed by atoms with Gasteiger partial charge in [0.1, 0.15) is 5.41 Å². The van der Waals surface area contributed by atoms with Crippen LogP contribution < -0.4 is 0 Å². The normalized spacial score (nSPS) is 20.9. The Morgan fingerprint density at radius 3 is 2.50 bits per heavy atom. The molecule has 4 heteroatoms. The molecule has 0 bridgehead atoms. The maximum absolute atomic E-state index is 12.6. The van der Waals surface area contributed by atoms with E-state index in [4.69, 9.17) is 0 Å². The summed E-state index contributed by atoms with van der Waals surface area (Å²) in [6, 6.07) is 2.68. The second kappa shape index (κ2) is 6.19. The van der Waals surface area contributed by atoms with Gasteiger partial charge in [-0.25, -0.2) is 0 Å². The number of rotatable bonds is 4. The van der Waals surface area contributed by atoms with Crippen molar-refractivity contribution in [3.05, 3.63) is 0 Å². The molecular formula is C14H25N3O. The van der Waals surface area contributed by atoms with Crippen LogP contribution in [0.4, 0.5) is 0 Å². The van der Waals surface area contributed by atoms with Gasteiger partial charge in [-0.1, -0.05) is 13.8 Å². The lowest BCUT2D eigenvalue weighted by atomic mass is 9.82. The number of amides is 1. The van der Waals surface area contributed by atoms with Crippen molar-refractivity contribution < 1.29 is 4.79 Å². The van der Waals surface area contributed by atoms with Gasteiger partial charge in [0, 0.05) is 19.1 Å². The van der Waals surface area contributed by atoms with Crippen LogP contribution >= 0.6 is 0 Å². The molecule has 0 aromatic heterocycles. The smallest absolute Gasteiger partial charge is 0.243 e. The summed E-state index contributed by atoms with van der Waals surface area (Å²) in [7, 11) is 4.10. The topological polar surface area (TPSA) is 47.3 Å². The Hall–Kier alpha value is -1.08. The number of nitriles is 1. The second-order valence-corrected chi connectivity index (χ2v) is 5.41. The predicted octanol–water partition coefficient (Wildman–Crippen LogP) is 1.87. The van der Waals surface area contributed by atoms with Crippen LogP contribution in [0, 0.1) is 16.7 Å². The van der Waals surface area contributed by atoms with E-state index in [1.807, 2.05) is 18.7 Å². The van der Waals surface area contributed by atoms with Crippen LogP contribution in [0.1, 0.15) is 39.5 Å². The minimum absolute atomic E-state index is 0.0292. The van der Waals surface area contributed by atoms with Gasteiger partial charge in [0.2, 0.25) is 5.91 Å². The third-order valence-corrected chi connectivity index (χ3v) is 4.24. The minimum atomic E-state index is -0.811. The summed E-state index contributed by atoms with van der Waals surface area (Å²) in [6.07, 6.45) is 3.36. The SMILES string of the molecule is CCC(C#N)(CC)C(=O)N1CCCC(N(C)C)C1. The molecule has 1 amide bonds. The van der Waals surface area contributed by atoms with Crippen LogP contribution in [-0.4, -0.2) is 48.9 Å². The van der Waals surface area contributed by atoms with Gasteiger partial charge in [0.25, 0.3) is 0 Å². The Balaban J connectivity index is 2.80. The lowest BCUT2D eigenvalue weighted by Crippen LogP contribution is -2.51. The van der Waals surface area contributed by atoms with Crippen molar-refractivity contribution in [1.82, 2.24) is 9.80 Å². The van der Waals surface area contributed by atoms with Crippen molar-refractivity contribution >= 4 is 5.91 Å². The van der Waals surface area contributed by atoms with Crippen LogP contribution in [-0.2, 0) is 4.79 Å². The molecule has 18 heavy (non-hydrogen) atoms. The van der Waals surface area contributed by atoms with E-state index in [0.29, 0.717) is 18.9 Å². The zero-order chi connectivity index (χ0) is 13.8. The zero-order valence-corrected chi connectivity index (χ0v) is 12.1. The molecule has 0 aromatic rings. The van der Waals surface area contributed by atoms with E-state index in [1.165, 1.54) is 0 Å². The summed E-state index contributed by atoms with van der Waals surface area (Å²) in [5.74, 6) is 0.0292. The largest absolute Gasteiger partial charge is 0.340 e. The first-order valence-corrected chi connectivity index (χ1v) is 6.87. The van der Waals surface area contributed by atoms with Crippen molar-refractivity contribution in [1.29, 1.82) is 5.26 Å². The molecule has 0 saturated carbocycles. The predicted molar refractivity (Wildman–Crippen MR) is 71.9 cm³/mol. The molecule has 0 N–H and O–H groups in total. The highest BCUT2D eigenvalue weighted by molar-refractivity contribution is 5.85. The molecular weight excluding hydrogens is 226 g/mol. The highest BCUT2D eigenvalue weighted by Gasteiger charge is 2.39. The van der Waals surface area contributed by atoms with E-state index >= 15 is 0 Å². The van der Waals surface area contributed by atoms with Crippen LogP contribution in [0.2, 0.25) is 0 Å². The Bertz CT molecular complexity index is 328. The van der Waals surface area contributed by atoms with E-state index in [1.54, 1.807) is 0 Å². The fraction of sp³-hybridized carbons (Fsp3) is 0.857. The van der Waals surface area contributed by atoms with Gasteiger partial charge in [-0.15, -0.1) is 0 Å². The number of likely N-dealkylation sites (tertiary alicyclic amines) is 1. The lowest BCUT2D eigenvalue weighted by molar-refractivity contribution is -0.141. The second-order valence-electron chi connectivity index (χ2n) is 5.41. The summed E-state index contributed by atoms with van der Waals surface area (Å²) in [6.45, 7) is 5.41. The number of hydrogen-bond acceptors (Lipinski definition) is 3. The van der Waals surface area contributed by atoms with E-state index in [2.05, 4.69) is 25.1 Å². The number of carbonyl (C=O) groups is 1. The summed E-state index contributed by atoms with van der Waals surface area (Å²) in [5, 5.41) is 9.34. The molecule has 1 atom stereocenters. The van der Waals surface area contributed by atoms with Gasteiger partial charge in [-0.05, 0) is 39.8 Å². The molecule has 1 aliphatic rings. The Morgan fingerprint density at radius 2 is 2.06 bits per heavy atom. The van der Waals surface area contributed by atoms with Crippen LogP contribution in [0.5, 0.6) is 0 Å². The van der Waals surface area contributed by atoms with E-state index in [0.717, 1.165) is 25.9 Å². The minimum Gasteiger partial charge on any atom is -0.340 e. The van der Waals surface area contributed by atoms with Gasteiger partial charge < -0.3 is 9.80 Å². The average molecular weight is 251 g/mol. The first-order chi connectivity index (χ1) is 8.50. The number of piperidine rings is 1. The first-order valence-electron chi connectivity index (χ1n) is 6.87. The molecule has 4 nitrogen and oxygen atoms in total. The van der Waals surface area contributed by atoms with E-state index in [9.17, 15) is 10.1 Å². The third kappa shape index (κ3) is 2.84. The molecule has 102 valence electrons. The van der Waals surface area contributed by atoms with Crippen LogP contribution in [0.3, 0.4) is 0 Å². The molecule has 1 aliphatic heterocycles. The van der Waals surface area contributed by atoms with Crippen molar-refractivity contribution in [3.63, 3.8) is 0 Å². The van der Waals surface area contributed by atoms with Gasteiger partial charge >= 0.3 is 0 Å². The first kappa shape index (κ1) is 15.0. The summed E-state index contributed by atoms with van der Waals surface area (Å²) in [4.78, 5) is 16.6. The molecule has 1 heterocycles. The summed E-state index contributed by atoms with van der Waals surface area (Å²) < 4.78 is 0. The fourth-order valence-electron chi connectivity index (χ4n) is 2.62. The highest BCUT2D eigenvalue weighted by atomic mass is 16.2. The van der Waals surface area contributed by atoms with Crippen molar-refractivity contribution in [2.24, 2.45) is 5.41 Å². The molecule has 1 fully saturated rings. The van der Waals surface area contributed by atoms with E-state index in [-0.39, 0.29) is 5.91 Å². The maximum Gasteiger partial charge on any atom is 0.243 e. The number of likely N-dealkylation sites (N-methyl/N-ethyl adjacent to an activating group) is 1. The number of nitrogens with zero attached hydrogens (tertiary/aromatic N) is 3. The molecule has 0 aliphatic carbocycles. The molecule has 1 rings (SSSR count). The van der Waals surface area contributed by atoms with Crippen LogP contribution in [0.15, 0.2) is 0 Å². The highest BCUT2D eigenvalue weighted by Crippen LogP contribution is 2.29. The average Bonchev–Trinajstić information content (AvgIpc) is 2.41. The molecule has 0 aromatic carbocycles. The van der Waals surface area contributed by atoms with Crippen LogP contribution in [0.25, 0.3) is 0 Å². The van der Waals surface area contributed by atoms with Gasteiger partial charge in [-0.2, -0.15) is 5.26 Å². The number of carbonyl (C=O) groups excluding carboxylic acids is 1. The third-order valence-electron chi connectivity index (χ3n) is 4.24. The van der Waals surface area contributed by atoms with E-state index < -0.39 is 5.41 Å². The molecule has 0 radical (unpaired) electrons. The monoisotopic (exact) mass is 251 g/mol. The standard InChI is InChI=1S/C14H25N3O/c1-5-14(6-2,11-15)13(18)17-9-7-8-12(10-17)16(3)4/h12H,5-10H2,1-4H3. The molecule has 0 spiro atoms. The lowest BCUT2D eigenvalue weighted by Gasteiger charge is -2.39. The van der Waals surface area contributed by atoms with Crippen molar-refractivity contribution in [2.45, 2.75) is 45.6 Å². The van der Waals surface area contributed by atoms with Crippen molar-refractivity contribution in [3.8, 4) is 6.07 Å². The molecule has 1 saturated heterocycles. The van der Waals surface area contributed by atoms with Gasteiger partial charge in [-0.3, -0.25) is 4.79 Å². The maximum atomic E-state index is 12.6. The van der Waals surface area contributed by atoms with Gasteiger partial charge in [0.05, 0.1) is 6.07 Å². The number of hydrogen-bond donors (Lipinski definition) is 0. The Morgan fingerprint density at radius 1 is 1.44 bits per heavy atom. The summed E-state index contributed by atoms with van der Waals surface area (Å²) >= 11 is 0. The van der Waals surface area contributed by atoms with Crippen molar-refractivity contribution in [2.75, 3.05) is 27.2 Å². The fourth-order valence-corrected chi connectivity index (χ4v) is 2.62.